The average Bonchev–Trinajstić information content (AvgIpc) is 2.77. The molecule has 1 aliphatic heterocycles. The van der Waals surface area contributed by atoms with Gasteiger partial charge in [-0.05, 0) is 24.3 Å². The van der Waals surface area contributed by atoms with Crippen LogP contribution in [0.4, 0.5) is 5.69 Å². The van der Waals surface area contributed by atoms with Gasteiger partial charge in [0.1, 0.15) is 0 Å². The summed E-state index contributed by atoms with van der Waals surface area (Å²) in [6.07, 6.45) is 1.80. The molecule has 116 valence electrons. The van der Waals surface area contributed by atoms with E-state index < -0.39 is 10.0 Å². The number of nitrogens with zero attached hydrogens (tertiary/aromatic N) is 2. The van der Waals surface area contributed by atoms with E-state index >= 15 is 0 Å². The van der Waals surface area contributed by atoms with Crippen LogP contribution in [0.5, 0.6) is 0 Å². The first-order chi connectivity index (χ1) is 10.3. The quantitative estimate of drug-likeness (QED) is 0.917. The molecule has 22 heavy (non-hydrogen) atoms. The maximum absolute atomic E-state index is 12.3. The Morgan fingerprint density at radius 1 is 1.36 bits per heavy atom. The molecule has 1 fully saturated rings. The van der Waals surface area contributed by atoms with Crippen molar-refractivity contribution in [3.8, 4) is 0 Å². The van der Waals surface area contributed by atoms with Gasteiger partial charge in [0.2, 0.25) is 15.9 Å². The molecule has 1 unspecified atom stereocenters. The fourth-order valence-electron chi connectivity index (χ4n) is 2.82. The fourth-order valence-corrected chi connectivity index (χ4v) is 3.97. The molecule has 1 aliphatic rings. The van der Waals surface area contributed by atoms with Crippen LogP contribution in [0.15, 0.2) is 30.5 Å². The molecule has 2 aromatic rings. The predicted molar refractivity (Wildman–Crippen MR) is 85.2 cm³/mol. The summed E-state index contributed by atoms with van der Waals surface area (Å²) in [4.78, 5) is 18.1. The van der Waals surface area contributed by atoms with Crippen LogP contribution in [0.25, 0.3) is 10.9 Å². The Morgan fingerprint density at radius 2 is 2.14 bits per heavy atom. The molecular weight excluding hydrogens is 326 g/mol. The van der Waals surface area contributed by atoms with Crippen LogP contribution in [-0.2, 0) is 14.8 Å². The number of benzene rings is 1. The van der Waals surface area contributed by atoms with Gasteiger partial charge < -0.3 is 4.90 Å². The molecule has 0 bridgehead atoms. The fraction of sp³-hybridized carbons (Fsp3) is 0.286. The number of rotatable bonds is 3. The summed E-state index contributed by atoms with van der Waals surface area (Å²) in [5.41, 5.74) is 1.30. The van der Waals surface area contributed by atoms with E-state index in [4.69, 9.17) is 16.7 Å². The minimum atomic E-state index is -3.61. The third-order valence-electron chi connectivity index (χ3n) is 3.65. The van der Waals surface area contributed by atoms with Gasteiger partial charge in [-0.3, -0.25) is 9.78 Å². The molecule has 0 aliphatic carbocycles. The van der Waals surface area contributed by atoms with Crippen molar-refractivity contribution in [2.45, 2.75) is 6.42 Å². The molecule has 1 aromatic heterocycles. The van der Waals surface area contributed by atoms with Crippen LogP contribution in [0.1, 0.15) is 6.42 Å². The third-order valence-corrected chi connectivity index (χ3v) is 4.89. The maximum Gasteiger partial charge on any atom is 0.227 e. The van der Waals surface area contributed by atoms with Gasteiger partial charge in [-0.15, -0.1) is 0 Å². The molecule has 0 radical (unpaired) electrons. The summed E-state index contributed by atoms with van der Waals surface area (Å²) in [6, 6.07) is 7.07. The summed E-state index contributed by atoms with van der Waals surface area (Å²) < 4.78 is 22.5. The maximum atomic E-state index is 12.3. The van der Waals surface area contributed by atoms with E-state index in [2.05, 4.69) is 4.98 Å². The highest BCUT2D eigenvalue weighted by Crippen LogP contribution is 2.37. The first-order valence-corrected chi connectivity index (χ1v) is 8.78. The lowest BCUT2D eigenvalue weighted by Crippen LogP contribution is -2.27. The lowest BCUT2D eigenvalue weighted by molar-refractivity contribution is -0.117. The van der Waals surface area contributed by atoms with Crippen LogP contribution < -0.4 is 10.0 Å². The number of sulfonamides is 1. The summed E-state index contributed by atoms with van der Waals surface area (Å²) in [5, 5.41) is 6.27. The van der Waals surface area contributed by atoms with Crippen molar-refractivity contribution >= 4 is 44.1 Å². The molecular formula is C14H14ClN3O3S. The number of carbonyl (C=O) groups is 1. The van der Waals surface area contributed by atoms with Gasteiger partial charge in [0, 0.05) is 30.5 Å². The van der Waals surface area contributed by atoms with Crippen LogP contribution in [0, 0.1) is 5.92 Å². The zero-order chi connectivity index (χ0) is 15.9. The molecule has 8 heteroatoms. The molecule has 0 spiro atoms. The highest BCUT2D eigenvalue weighted by molar-refractivity contribution is 7.89. The van der Waals surface area contributed by atoms with Crippen molar-refractivity contribution < 1.29 is 13.2 Å². The first kappa shape index (κ1) is 15.2. The summed E-state index contributed by atoms with van der Waals surface area (Å²) in [6.45, 7) is 0.281. The van der Waals surface area contributed by atoms with Gasteiger partial charge >= 0.3 is 0 Å². The second-order valence-electron chi connectivity index (χ2n) is 5.37. The largest absolute Gasteiger partial charge is 0.310 e. The van der Waals surface area contributed by atoms with Crippen LogP contribution in [0.2, 0.25) is 5.02 Å². The number of anilines is 1. The van der Waals surface area contributed by atoms with E-state index in [0.717, 1.165) is 10.9 Å². The average molecular weight is 340 g/mol. The van der Waals surface area contributed by atoms with Crippen LogP contribution in [0.3, 0.4) is 0 Å². The lowest BCUT2D eigenvalue weighted by atomic mass is 10.1. The van der Waals surface area contributed by atoms with Crippen molar-refractivity contribution in [3.63, 3.8) is 0 Å². The highest BCUT2D eigenvalue weighted by Gasteiger charge is 2.34. The Bertz CT molecular complexity index is 854. The van der Waals surface area contributed by atoms with Gasteiger partial charge in [0.15, 0.2) is 0 Å². The van der Waals surface area contributed by atoms with Crippen molar-refractivity contribution in [1.82, 2.24) is 4.98 Å². The van der Waals surface area contributed by atoms with Crippen molar-refractivity contribution in [2.24, 2.45) is 11.1 Å². The van der Waals surface area contributed by atoms with E-state index in [9.17, 15) is 13.2 Å². The zero-order valence-electron chi connectivity index (χ0n) is 11.6. The number of aromatic nitrogens is 1. The van der Waals surface area contributed by atoms with Crippen molar-refractivity contribution in [1.29, 1.82) is 0 Å². The Morgan fingerprint density at radius 3 is 2.86 bits per heavy atom. The number of carbonyl (C=O) groups excluding carboxylic acids is 1. The minimum absolute atomic E-state index is 0.142. The normalized spacial score (nSPS) is 19.1. The molecule has 1 atom stereocenters. The molecule has 3 rings (SSSR count). The van der Waals surface area contributed by atoms with Gasteiger partial charge in [-0.25, -0.2) is 13.6 Å². The monoisotopic (exact) mass is 339 g/mol. The van der Waals surface area contributed by atoms with Gasteiger partial charge in [0.25, 0.3) is 0 Å². The number of nitrogens with two attached hydrogens (primary N) is 1. The highest BCUT2D eigenvalue weighted by atomic mass is 35.5. The molecule has 6 nitrogen and oxygen atoms in total. The first-order valence-electron chi connectivity index (χ1n) is 6.69. The summed E-state index contributed by atoms with van der Waals surface area (Å²) in [7, 11) is -3.61. The molecule has 1 saturated heterocycles. The van der Waals surface area contributed by atoms with Crippen molar-refractivity contribution in [3.05, 3.63) is 35.5 Å². The second-order valence-corrected chi connectivity index (χ2v) is 7.44. The van der Waals surface area contributed by atoms with Crippen molar-refractivity contribution in [2.75, 3.05) is 17.2 Å². The van der Waals surface area contributed by atoms with E-state index in [-0.39, 0.29) is 30.5 Å². The Kier molecular flexibility index (Phi) is 3.80. The Balaban J connectivity index is 2.01. The topological polar surface area (TPSA) is 93.4 Å². The lowest BCUT2D eigenvalue weighted by Gasteiger charge is -2.20. The number of halogens is 1. The van der Waals surface area contributed by atoms with E-state index in [1.54, 1.807) is 24.4 Å². The summed E-state index contributed by atoms with van der Waals surface area (Å²) in [5.74, 6) is -0.701. The van der Waals surface area contributed by atoms with Gasteiger partial charge in [0.05, 0.1) is 22.0 Å². The number of amides is 1. The van der Waals surface area contributed by atoms with Crippen LogP contribution >= 0.6 is 11.6 Å². The Hall–Kier alpha value is -1.70. The number of primary sulfonamides is 1. The number of hydrogen-bond acceptors (Lipinski definition) is 4. The summed E-state index contributed by atoms with van der Waals surface area (Å²) >= 11 is 6.26. The minimum Gasteiger partial charge on any atom is -0.310 e. The van der Waals surface area contributed by atoms with E-state index in [1.807, 2.05) is 6.07 Å². The van der Waals surface area contributed by atoms with E-state index in [0.29, 0.717) is 10.7 Å². The molecule has 0 saturated carbocycles. The number of hydrogen-bond donors (Lipinski definition) is 1. The second kappa shape index (κ2) is 5.49. The molecule has 2 N–H and O–H groups in total. The number of pyridine rings is 1. The van der Waals surface area contributed by atoms with Gasteiger partial charge in [-0.1, -0.05) is 11.6 Å². The smallest absolute Gasteiger partial charge is 0.227 e. The Labute approximate surface area is 132 Å². The van der Waals surface area contributed by atoms with Gasteiger partial charge in [-0.2, -0.15) is 0 Å². The van der Waals surface area contributed by atoms with Crippen LogP contribution in [-0.4, -0.2) is 31.6 Å². The van der Waals surface area contributed by atoms with E-state index in [1.165, 1.54) is 4.90 Å². The third kappa shape index (κ3) is 2.92. The molecule has 1 amide bonds. The zero-order valence-corrected chi connectivity index (χ0v) is 13.1. The SMILES string of the molecule is NS(=O)(=O)CC1CC(=O)N(c2c(Cl)ccc3ncccc23)C1. The number of fused-ring (bicyclic) bond motifs is 1. The molecule has 1 aromatic carbocycles. The predicted octanol–water partition coefficient (Wildman–Crippen LogP) is 1.53. The standard InChI is InChI=1S/C14H14ClN3O3S/c15-11-3-4-12-10(2-1-5-17-12)14(11)18-7-9(6-13(18)19)8-22(16,20)21/h1-5,9H,6-8H2,(H2,16,20,21). The molecule has 2 heterocycles.